The van der Waals surface area contributed by atoms with E-state index in [1.54, 1.807) is 18.2 Å². The van der Waals surface area contributed by atoms with Gasteiger partial charge in [-0.25, -0.2) is 0 Å². The molecule has 0 bridgehead atoms. The molecule has 0 unspecified atom stereocenters. The van der Waals surface area contributed by atoms with E-state index in [-0.39, 0.29) is 11.7 Å². The Morgan fingerprint density at radius 1 is 1.09 bits per heavy atom. The highest BCUT2D eigenvalue weighted by Gasteiger charge is 2.05. The van der Waals surface area contributed by atoms with Crippen LogP contribution in [0.4, 0.5) is 0 Å². The van der Waals surface area contributed by atoms with Crippen LogP contribution in [0.5, 0.6) is 11.5 Å². The van der Waals surface area contributed by atoms with Crippen LogP contribution in [-0.4, -0.2) is 18.1 Å². The summed E-state index contributed by atoms with van der Waals surface area (Å²) < 4.78 is 5.06. The number of unbranched alkanes of at least 4 members (excludes halogenated alkanes) is 7. The zero-order chi connectivity index (χ0) is 16.9. The molecule has 0 saturated heterocycles. The van der Waals surface area contributed by atoms with Crippen molar-refractivity contribution >= 4 is 5.91 Å². The predicted molar refractivity (Wildman–Crippen MR) is 93.7 cm³/mol. The molecule has 0 fully saturated rings. The first kappa shape index (κ1) is 19.3. The van der Waals surface area contributed by atoms with Gasteiger partial charge in [0.2, 0.25) is 5.91 Å². The molecule has 2 N–H and O–H groups in total. The van der Waals surface area contributed by atoms with Crippen molar-refractivity contribution < 1.29 is 14.6 Å². The maximum absolute atomic E-state index is 11.8. The average molecular weight is 321 g/mol. The normalized spacial score (nSPS) is 10.5. The lowest BCUT2D eigenvalue weighted by molar-refractivity contribution is -0.121. The van der Waals surface area contributed by atoms with E-state index < -0.39 is 0 Å². The van der Waals surface area contributed by atoms with Crippen molar-refractivity contribution in [3.63, 3.8) is 0 Å². The lowest BCUT2D eigenvalue weighted by Crippen LogP contribution is -2.22. The smallest absolute Gasteiger partial charge is 0.220 e. The van der Waals surface area contributed by atoms with Gasteiger partial charge >= 0.3 is 0 Å². The molecule has 1 aromatic rings. The Hall–Kier alpha value is -1.71. The Bertz CT molecular complexity index is 460. The maximum Gasteiger partial charge on any atom is 0.220 e. The fraction of sp³-hybridized carbons (Fsp3) is 0.632. The summed E-state index contributed by atoms with van der Waals surface area (Å²) in [5.41, 5.74) is 0.920. The SMILES string of the molecule is CCCCCCCCCCC(=O)NCc1ccc(O)c(OC)c1. The van der Waals surface area contributed by atoms with E-state index in [9.17, 15) is 9.90 Å². The average Bonchev–Trinajstić information content (AvgIpc) is 2.56. The van der Waals surface area contributed by atoms with Crippen molar-refractivity contribution in [1.29, 1.82) is 0 Å². The molecule has 130 valence electrons. The highest BCUT2D eigenvalue weighted by Crippen LogP contribution is 2.26. The number of benzene rings is 1. The monoisotopic (exact) mass is 321 g/mol. The number of methoxy groups -OCH3 is 1. The minimum atomic E-state index is 0.0861. The Morgan fingerprint density at radius 3 is 2.39 bits per heavy atom. The number of hydrogen-bond donors (Lipinski definition) is 2. The fourth-order valence-electron chi connectivity index (χ4n) is 2.54. The lowest BCUT2D eigenvalue weighted by Gasteiger charge is -2.08. The molecule has 23 heavy (non-hydrogen) atoms. The molecule has 0 radical (unpaired) electrons. The molecular weight excluding hydrogens is 290 g/mol. The summed E-state index contributed by atoms with van der Waals surface area (Å²) in [6, 6.07) is 5.11. The van der Waals surface area contributed by atoms with E-state index in [0.717, 1.165) is 18.4 Å². The van der Waals surface area contributed by atoms with Crippen LogP contribution in [0, 0.1) is 0 Å². The number of ether oxygens (including phenoxy) is 1. The van der Waals surface area contributed by atoms with E-state index in [2.05, 4.69) is 12.2 Å². The molecule has 0 aliphatic carbocycles. The third-order valence-electron chi connectivity index (χ3n) is 3.99. The summed E-state index contributed by atoms with van der Waals surface area (Å²) in [7, 11) is 1.51. The molecule has 4 heteroatoms. The van der Waals surface area contributed by atoms with E-state index in [1.807, 2.05) is 0 Å². The zero-order valence-electron chi connectivity index (χ0n) is 14.6. The molecular formula is C19H31NO3. The topological polar surface area (TPSA) is 58.6 Å². The highest BCUT2D eigenvalue weighted by atomic mass is 16.5. The van der Waals surface area contributed by atoms with Crippen LogP contribution < -0.4 is 10.1 Å². The number of phenolic OH excluding ortho intramolecular Hbond substituents is 1. The molecule has 0 aliphatic rings. The summed E-state index contributed by atoms with van der Waals surface area (Å²) >= 11 is 0. The van der Waals surface area contributed by atoms with E-state index in [4.69, 9.17) is 4.74 Å². The van der Waals surface area contributed by atoms with Crippen molar-refractivity contribution in [2.45, 2.75) is 71.3 Å². The van der Waals surface area contributed by atoms with Gasteiger partial charge in [0.15, 0.2) is 11.5 Å². The quantitative estimate of drug-likeness (QED) is 0.555. The Labute approximate surface area is 140 Å². The third kappa shape index (κ3) is 8.48. The number of phenols is 1. The summed E-state index contributed by atoms with van der Waals surface area (Å²) in [5, 5.41) is 12.4. The summed E-state index contributed by atoms with van der Waals surface area (Å²) in [6.07, 6.45) is 10.5. The van der Waals surface area contributed by atoms with Gasteiger partial charge in [-0.1, -0.05) is 57.9 Å². The van der Waals surface area contributed by atoms with Gasteiger partial charge in [0.05, 0.1) is 7.11 Å². The zero-order valence-corrected chi connectivity index (χ0v) is 14.6. The van der Waals surface area contributed by atoms with E-state index in [1.165, 1.54) is 45.6 Å². The van der Waals surface area contributed by atoms with Crippen LogP contribution in [0.3, 0.4) is 0 Å². The molecule has 4 nitrogen and oxygen atoms in total. The second-order valence-corrected chi connectivity index (χ2v) is 6.01. The van der Waals surface area contributed by atoms with Gasteiger partial charge in [-0.3, -0.25) is 4.79 Å². The van der Waals surface area contributed by atoms with Crippen molar-refractivity contribution in [2.24, 2.45) is 0 Å². The van der Waals surface area contributed by atoms with Crippen molar-refractivity contribution in [3.8, 4) is 11.5 Å². The second kappa shape index (κ2) is 11.8. The number of carbonyl (C=O) groups excluding carboxylic acids is 1. The van der Waals surface area contributed by atoms with Crippen LogP contribution in [0.2, 0.25) is 0 Å². The standard InChI is InChI=1S/C19H31NO3/c1-3-4-5-6-7-8-9-10-11-19(22)20-15-16-12-13-17(21)18(14-16)23-2/h12-14,21H,3-11,15H2,1-2H3,(H,20,22). The predicted octanol–water partition coefficient (Wildman–Crippen LogP) is 4.55. The molecule has 0 aromatic heterocycles. The third-order valence-corrected chi connectivity index (χ3v) is 3.99. The van der Waals surface area contributed by atoms with Gasteiger partial charge in [0, 0.05) is 13.0 Å². The van der Waals surface area contributed by atoms with E-state index in [0.29, 0.717) is 18.7 Å². The van der Waals surface area contributed by atoms with Crippen LogP contribution >= 0.6 is 0 Å². The maximum atomic E-state index is 11.8. The Kier molecular flexibility index (Phi) is 9.92. The number of carbonyl (C=O) groups is 1. The Morgan fingerprint density at radius 2 is 1.74 bits per heavy atom. The summed E-state index contributed by atoms with van der Waals surface area (Å²) in [4.78, 5) is 11.8. The minimum Gasteiger partial charge on any atom is -0.504 e. The van der Waals surface area contributed by atoms with E-state index >= 15 is 0 Å². The molecule has 0 heterocycles. The molecule has 0 atom stereocenters. The number of amides is 1. The van der Waals surface area contributed by atoms with Crippen LogP contribution in [0.1, 0.15) is 70.3 Å². The second-order valence-electron chi connectivity index (χ2n) is 6.01. The molecule has 0 spiro atoms. The van der Waals surface area contributed by atoms with Crippen LogP contribution in [-0.2, 0) is 11.3 Å². The van der Waals surface area contributed by atoms with Crippen molar-refractivity contribution in [2.75, 3.05) is 7.11 Å². The number of aromatic hydroxyl groups is 1. The summed E-state index contributed by atoms with van der Waals surface area (Å²) in [6.45, 7) is 2.69. The first-order chi connectivity index (χ1) is 11.2. The molecule has 1 rings (SSSR count). The largest absolute Gasteiger partial charge is 0.504 e. The minimum absolute atomic E-state index is 0.0861. The number of rotatable bonds is 12. The van der Waals surface area contributed by atoms with Gasteiger partial charge in [-0.05, 0) is 24.1 Å². The first-order valence-corrected chi connectivity index (χ1v) is 8.80. The van der Waals surface area contributed by atoms with Crippen molar-refractivity contribution in [3.05, 3.63) is 23.8 Å². The number of hydrogen-bond acceptors (Lipinski definition) is 3. The summed E-state index contributed by atoms with van der Waals surface area (Å²) in [5.74, 6) is 0.629. The Balaban J connectivity index is 2.10. The highest BCUT2D eigenvalue weighted by molar-refractivity contribution is 5.75. The molecule has 1 aromatic carbocycles. The lowest BCUT2D eigenvalue weighted by atomic mass is 10.1. The number of nitrogens with one attached hydrogen (secondary N) is 1. The molecule has 0 aliphatic heterocycles. The van der Waals surface area contributed by atoms with Gasteiger partial charge < -0.3 is 15.2 Å². The fourth-order valence-corrected chi connectivity index (χ4v) is 2.54. The van der Waals surface area contributed by atoms with Gasteiger partial charge in [-0.2, -0.15) is 0 Å². The van der Waals surface area contributed by atoms with Crippen LogP contribution in [0.15, 0.2) is 18.2 Å². The van der Waals surface area contributed by atoms with Gasteiger partial charge in [-0.15, -0.1) is 0 Å². The van der Waals surface area contributed by atoms with Gasteiger partial charge in [0.1, 0.15) is 0 Å². The van der Waals surface area contributed by atoms with Crippen molar-refractivity contribution in [1.82, 2.24) is 5.32 Å². The van der Waals surface area contributed by atoms with Crippen LogP contribution in [0.25, 0.3) is 0 Å². The molecule has 1 amide bonds. The first-order valence-electron chi connectivity index (χ1n) is 8.80. The molecule has 0 saturated carbocycles. The van der Waals surface area contributed by atoms with Gasteiger partial charge in [0.25, 0.3) is 0 Å².